The van der Waals surface area contributed by atoms with Crippen molar-refractivity contribution in [2.75, 3.05) is 26.2 Å². The molecule has 6 heteroatoms. The number of hydrogen-bond acceptors (Lipinski definition) is 3. The highest BCUT2D eigenvalue weighted by Crippen LogP contribution is 2.26. The Morgan fingerprint density at radius 1 is 1.11 bits per heavy atom. The van der Waals surface area contributed by atoms with Gasteiger partial charge in [0.25, 0.3) is 10.2 Å². The maximum atomic E-state index is 12.4. The molecule has 0 bridgehead atoms. The molecule has 112 valence electrons. The van der Waals surface area contributed by atoms with Gasteiger partial charge in [0.2, 0.25) is 0 Å². The van der Waals surface area contributed by atoms with Crippen LogP contribution in [-0.2, 0) is 10.2 Å². The fourth-order valence-corrected chi connectivity index (χ4v) is 4.36. The number of nitrogens with zero attached hydrogens (tertiary/aromatic N) is 1. The van der Waals surface area contributed by atoms with Crippen LogP contribution in [-0.4, -0.2) is 44.9 Å². The molecule has 0 aromatic carbocycles. The van der Waals surface area contributed by atoms with Gasteiger partial charge < -0.3 is 5.32 Å². The van der Waals surface area contributed by atoms with Crippen molar-refractivity contribution in [3.63, 3.8) is 0 Å². The van der Waals surface area contributed by atoms with E-state index in [9.17, 15) is 8.42 Å². The lowest BCUT2D eigenvalue weighted by Crippen LogP contribution is -2.53. The summed E-state index contributed by atoms with van der Waals surface area (Å²) >= 11 is 0. The summed E-state index contributed by atoms with van der Waals surface area (Å²) in [6.45, 7) is 4.99. The molecule has 1 atom stereocenters. The summed E-state index contributed by atoms with van der Waals surface area (Å²) in [4.78, 5) is 0. The summed E-state index contributed by atoms with van der Waals surface area (Å²) in [6, 6.07) is 0.118. The predicted octanol–water partition coefficient (Wildman–Crippen LogP) is 1.08. The molecule has 1 saturated heterocycles. The molecule has 2 rings (SSSR count). The fourth-order valence-electron chi connectivity index (χ4n) is 2.81. The Labute approximate surface area is 117 Å². The zero-order valence-electron chi connectivity index (χ0n) is 11.9. The summed E-state index contributed by atoms with van der Waals surface area (Å²) in [6.07, 6.45) is 6.67. The van der Waals surface area contributed by atoms with Gasteiger partial charge >= 0.3 is 0 Å². The van der Waals surface area contributed by atoms with E-state index >= 15 is 0 Å². The summed E-state index contributed by atoms with van der Waals surface area (Å²) in [5.74, 6) is 0.562. The third-order valence-electron chi connectivity index (χ3n) is 4.29. The van der Waals surface area contributed by atoms with Crippen molar-refractivity contribution in [2.24, 2.45) is 5.92 Å². The monoisotopic (exact) mass is 289 g/mol. The number of nitrogens with one attached hydrogen (secondary N) is 2. The number of likely N-dealkylation sites (N-methyl/N-ethyl adjacent to an activating group) is 1. The molecule has 1 aliphatic carbocycles. The Hall–Kier alpha value is -0.170. The van der Waals surface area contributed by atoms with Crippen molar-refractivity contribution in [1.29, 1.82) is 0 Å². The van der Waals surface area contributed by atoms with Crippen LogP contribution in [0.25, 0.3) is 0 Å². The molecule has 1 saturated carbocycles. The highest BCUT2D eigenvalue weighted by atomic mass is 32.2. The van der Waals surface area contributed by atoms with Crippen molar-refractivity contribution in [1.82, 2.24) is 14.3 Å². The van der Waals surface area contributed by atoms with Gasteiger partial charge in [-0.1, -0.05) is 19.8 Å². The molecule has 2 aliphatic rings. The van der Waals surface area contributed by atoms with Crippen LogP contribution in [0.5, 0.6) is 0 Å². The zero-order valence-corrected chi connectivity index (χ0v) is 12.7. The summed E-state index contributed by atoms with van der Waals surface area (Å²) < 4.78 is 29.3. The first-order valence-electron chi connectivity index (χ1n) is 7.60. The molecule has 2 N–H and O–H groups in total. The minimum Gasteiger partial charge on any atom is -0.315 e. The van der Waals surface area contributed by atoms with Crippen LogP contribution < -0.4 is 10.0 Å². The largest absolute Gasteiger partial charge is 0.315 e. The Bertz CT molecular complexity index is 368. The van der Waals surface area contributed by atoms with E-state index in [4.69, 9.17) is 0 Å². The van der Waals surface area contributed by atoms with E-state index in [1.165, 1.54) is 19.3 Å². The molecule has 1 aliphatic heterocycles. The minimum absolute atomic E-state index is 0.118. The first-order chi connectivity index (χ1) is 9.13. The molecule has 0 amide bonds. The molecular weight excluding hydrogens is 262 g/mol. The Kier molecular flexibility index (Phi) is 5.62. The van der Waals surface area contributed by atoms with E-state index in [2.05, 4.69) is 17.0 Å². The van der Waals surface area contributed by atoms with E-state index in [1.807, 2.05) is 0 Å². The molecule has 0 aromatic rings. The van der Waals surface area contributed by atoms with E-state index < -0.39 is 10.2 Å². The Morgan fingerprint density at radius 3 is 2.53 bits per heavy atom. The van der Waals surface area contributed by atoms with Crippen LogP contribution >= 0.6 is 0 Å². The molecule has 0 spiro atoms. The smallest absolute Gasteiger partial charge is 0.279 e. The van der Waals surface area contributed by atoms with Gasteiger partial charge in [0, 0.05) is 25.7 Å². The van der Waals surface area contributed by atoms with Crippen LogP contribution in [0.4, 0.5) is 0 Å². The van der Waals surface area contributed by atoms with Gasteiger partial charge in [0.05, 0.1) is 0 Å². The topological polar surface area (TPSA) is 61.4 Å². The van der Waals surface area contributed by atoms with E-state index in [1.54, 1.807) is 4.31 Å². The molecule has 1 heterocycles. The van der Waals surface area contributed by atoms with Crippen LogP contribution in [0.15, 0.2) is 0 Å². The molecular formula is C13H27N3O2S. The van der Waals surface area contributed by atoms with Gasteiger partial charge in [-0.2, -0.15) is 12.7 Å². The second kappa shape index (κ2) is 7.02. The quantitative estimate of drug-likeness (QED) is 0.737. The lowest BCUT2D eigenvalue weighted by atomic mass is 9.86. The summed E-state index contributed by atoms with van der Waals surface area (Å²) in [5.41, 5.74) is 0. The lowest BCUT2D eigenvalue weighted by Gasteiger charge is -2.35. The molecule has 2 fully saturated rings. The normalized spacial score (nSPS) is 26.3. The number of hydrogen-bond donors (Lipinski definition) is 2. The fraction of sp³-hybridized carbons (Fsp3) is 1.00. The third kappa shape index (κ3) is 4.15. The Morgan fingerprint density at radius 2 is 1.89 bits per heavy atom. The molecule has 5 nitrogen and oxygen atoms in total. The standard InChI is InChI=1S/C13H27N3O2S/c1-2-14-11-13-8-3-4-9-16(13)19(17,18)15-10-12-6-5-7-12/h12-15H,2-11H2,1H3. The SMILES string of the molecule is CCNCC1CCCCN1S(=O)(=O)NCC1CCC1. The predicted molar refractivity (Wildman–Crippen MR) is 77.2 cm³/mol. The first-order valence-corrected chi connectivity index (χ1v) is 9.04. The van der Waals surface area contributed by atoms with Crippen molar-refractivity contribution in [2.45, 2.75) is 51.5 Å². The first kappa shape index (κ1) is 15.2. The van der Waals surface area contributed by atoms with Gasteiger partial charge in [0.15, 0.2) is 0 Å². The van der Waals surface area contributed by atoms with Gasteiger partial charge in [-0.15, -0.1) is 0 Å². The average Bonchev–Trinajstić information content (AvgIpc) is 2.34. The molecule has 0 aromatic heterocycles. The van der Waals surface area contributed by atoms with Crippen LogP contribution in [0.1, 0.15) is 45.4 Å². The van der Waals surface area contributed by atoms with Crippen molar-refractivity contribution in [3.05, 3.63) is 0 Å². The summed E-state index contributed by atoms with van der Waals surface area (Å²) in [7, 11) is -3.29. The third-order valence-corrected chi connectivity index (χ3v) is 5.92. The lowest BCUT2D eigenvalue weighted by molar-refractivity contribution is 0.240. The van der Waals surface area contributed by atoms with Crippen LogP contribution in [0.3, 0.4) is 0 Å². The van der Waals surface area contributed by atoms with Crippen molar-refractivity contribution >= 4 is 10.2 Å². The van der Waals surface area contributed by atoms with Gasteiger partial charge in [0.1, 0.15) is 0 Å². The second-order valence-electron chi connectivity index (χ2n) is 5.72. The van der Waals surface area contributed by atoms with Crippen LogP contribution in [0, 0.1) is 5.92 Å². The van der Waals surface area contributed by atoms with Crippen LogP contribution in [0.2, 0.25) is 0 Å². The van der Waals surface area contributed by atoms with E-state index in [0.717, 1.165) is 32.4 Å². The maximum absolute atomic E-state index is 12.4. The average molecular weight is 289 g/mol. The van der Waals surface area contributed by atoms with Gasteiger partial charge in [-0.05, 0) is 38.1 Å². The molecule has 1 unspecified atom stereocenters. The highest BCUT2D eigenvalue weighted by molar-refractivity contribution is 7.87. The minimum atomic E-state index is -3.29. The number of rotatable bonds is 7. The second-order valence-corrected chi connectivity index (χ2v) is 7.43. The van der Waals surface area contributed by atoms with E-state index in [0.29, 0.717) is 19.0 Å². The molecule has 0 radical (unpaired) electrons. The zero-order chi connectivity index (χ0) is 13.7. The van der Waals surface area contributed by atoms with Crippen molar-refractivity contribution < 1.29 is 8.42 Å². The summed E-state index contributed by atoms with van der Waals surface area (Å²) in [5, 5.41) is 3.27. The Balaban J connectivity index is 1.90. The number of piperidine rings is 1. The van der Waals surface area contributed by atoms with Crippen molar-refractivity contribution in [3.8, 4) is 0 Å². The van der Waals surface area contributed by atoms with Gasteiger partial charge in [-0.3, -0.25) is 0 Å². The highest BCUT2D eigenvalue weighted by Gasteiger charge is 2.32. The van der Waals surface area contributed by atoms with E-state index in [-0.39, 0.29) is 6.04 Å². The van der Waals surface area contributed by atoms with Gasteiger partial charge in [-0.25, -0.2) is 4.72 Å². The molecule has 19 heavy (non-hydrogen) atoms. The maximum Gasteiger partial charge on any atom is 0.279 e.